The van der Waals surface area contributed by atoms with Crippen LogP contribution in [0.4, 0.5) is 13.2 Å². The number of aliphatic hydroxyl groups excluding tert-OH is 3. The van der Waals surface area contributed by atoms with Crippen molar-refractivity contribution in [3.8, 4) is 0 Å². The molecule has 1 aliphatic carbocycles. The van der Waals surface area contributed by atoms with Crippen molar-refractivity contribution in [1.82, 2.24) is 0 Å². The quantitative estimate of drug-likeness (QED) is 0.420. The van der Waals surface area contributed by atoms with Crippen LogP contribution in [-0.4, -0.2) is 44.6 Å². The second kappa shape index (κ2) is 12.1. The van der Waals surface area contributed by atoms with E-state index >= 15 is 0 Å². The highest BCUT2D eigenvalue weighted by Gasteiger charge is 2.41. The van der Waals surface area contributed by atoms with Crippen molar-refractivity contribution in [2.75, 3.05) is 5.75 Å². The van der Waals surface area contributed by atoms with Gasteiger partial charge in [-0.2, -0.15) is 24.9 Å². The third kappa shape index (κ3) is 7.91. The van der Waals surface area contributed by atoms with Gasteiger partial charge in [0.15, 0.2) is 0 Å². The minimum atomic E-state index is -4.37. The van der Waals surface area contributed by atoms with Crippen LogP contribution in [0.25, 0.3) is 0 Å². The Balaban J connectivity index is 1.81. The second-order valence-corrected chi connectivity index (χ2v) is 9.27. The third-order valence-corrected chi connectivity index (χ3v) is 7.19. The van der Waals surface area contributed by atoms with Crippen molar-refractivity contribution < 1.29 is 28.5 Å². The lowest BCUT2D eigenvalue weighted by Crippen LogP contribution is -2.27. The Labute approximate surface area is 181 Å². The van der Waals surface area contributed by atoms with Crippen LogP contribution in [0.3, 0.4) is 0 Å². The Bertz CT molecular complexity index is 665. The van der Waals surface area contributed by atoms with Gasteiger partial charge in [-0.05, 0) is 49.7 Å². The minimum Gasteiger partial charge on any atom is -0.393 e. The van der Waals surface area contributed by atoms with E-state index in [9.17, 15) is 28.5 Å². The van der Waals surface area contributed by atoms with E-state index in [2.05, 4.69) is 19.1 Å². The maximum atomic E-state index is 12.8. The lowest BCUT2D eigenvalue weighted by atomic mass is 9.99. The summed E-state index contributed by atoms with van der Waals surface area (Å²) in [5.41, 5.74) is -0.135. The zero-order valence-electron chi connectivity index (χ0n) is 17.4. The number of allylic oxidation sites excluding steroid dienone is 2. The number of aliphatic hydroxyl groups is 3. The summed E-state index contributed by atoms with van der Waals surface area (Å²) in [6.07, 6.45) is 2.88. The fourth-order valence-electron chi connectivity index (χ4n) is 3.88. The normalized spacial score (nSPS) is 25.8. The van der Waals surface area contributed by atoms with Gasteiger partial charge in [0.1, 0.15) is 0 Å². The summed E-state index contributed by atoms with van der Waals surface area (Å²) in [5.74, 6) is 0.363. The van der Waals surface area contributed by atoms with Crippen LogP contribution in [0.5, 0.6) is 0 Å². The molecule has 1 fully saturated rings. The minimum absolute atomic E-state index is 0.0213. The summed E-state index contributed by atoms with van der Waals surface area (Å²) >= 11 is 1.46. The van der Waals surface area contributed by atoms with Gasteiger partial charge in [0.05, 0.1) is 23.9 Å². The molecule has 5 atom stereocenters. The molecule has 1 aromatic carbocycles. The van der Waals surface area contributed by atoms with Crippen LogP contribution in [0.2, 0.25) is 0 Å². The smallest absolute Gasteiger partial charge is 0.393 e. The second-order valence-electron chi connectivity index (χ2n) is 8.06. The molecule has 0 aliphatic heterocycles. The van der Waals surface area contributed by atoms with Crippen LogP contribution in [0, 0.1) is 5.92 Å². The molecule has 30 heavy (non-hydrogen) atoms. The van der Waals surface area contributed by atoms with Crippen LogP contribution in [0.15, 0.2) is 36.4 Å². The molecule has 0 heterocycles. The van der Waals surface area contributed by atoms with E-state index in [1.807, 2.05) is 0 Å². The Morgan fingerprint density at radius 2 is 1.90 bits per heavy atom. The zero-order chi connectivity index (χ0) is 22.1. The van der Waals surface area contributed by atoms with Crippen molar-refractivity contribution in [3.05, 3.63) is 47.5 Å². The predicted molar refractivity (Wildman–Crippen MR) is 115 cm³/mol. The Morgan fingerprint density at radius 3 is 2.60 bits per heavy atom. The molecule has 1 saturated carbocycles. The summed E-state index contributed by atoms with van der Waals surface area (Å²) in [4.78, 5) is 0. The van der Waals surface area contributed by atoms with E-state index in [-0.39, 0.29) is 11.2 Å². The molecule has 7 heteroatoms. The fourth-order valence-corrected chi connectivity index (χ4v) is 5.39. The average molecular weight is 447 g/mol. The van der Waals surface area contributed by atoms with E-state index in [1.165, 1.54) is 17.8 Å². The lowest BCUT2D eigenvalue weighted by Gasteiger charge is -2.24. The fraction of sp³-hybridized carbons (Fsp3) is 0.652. The van der Waals surface area contributed by atoms with E-state index in [1.54, 1.807) is 6.07 Å². The molecule has 2 rings (SSSR count). The summed E-state index contributed by atoms with van der Waals surface area (Å²) in [6.45, 7) is 2.12. The molecule has 4 unspecified atom stereocenters. The molecule has 0 aromatic heterocycles. The molecule has 0 bridgehead atoms. The Morgan fingerprint density at radius 1 is 1.17 bits per heavy atom. The first-order valence-electron chi connectivity index (χ1n) is 10.7. The van der Waals surface area contributed by atoms with Crippen LogP contribution in [0.1, 0.15) is 56.6 Å². The van der Waals surface area contributed by atoms with Gasteiger partial charge in [0.25, 0.3) is 0 Å². The number of unbranched alkanes of at least 4 members (excludes halogenated alkanes) is 1. The lowest BCUT2D eigenvalue weighted by molar-refractivity contribution is -0.137. The van der Waals surface area contributed by atoms with Crippen molar-refractivity contribution in [1.29, 1.82) is 0 Å². The molecule has 1 aromatic rings. The largest absolute Gasteiger partial charge is 0.416 e. The van der Waals surface area contributed by atoms with E-state index in [4.69, 9.17) is 0 Å². The number of benzene rings is 1. The van der Waals surface area contributed by atoms with Crippen LogP contribution < -0.4 is 0 Å². The molecule has 0 spiro atoms. The molecule has 3 nitrogen and oxygen atoms in total. The molecular formula is C23H33F3O3S. The summed E-state index contributed by atoms with van der Waals surface area (Å²) < 4.78 is 38.4. The highest BCUT2D eigenvalue weighted by Crippen LogP contribution is 2.39. The molecule has 3 N–H and O–H groups in total. The topological polar surface area (TPSA) is 60.7 Å². The molecular weight excluding hydrogens is 413 g/mol. The number of hydrogen-bond donors (Lipinski definition) is 3. The van der Waals surface area contributed by atoms with Gasteiger partial charge in [-0.1, -0.05) is 43.7 Å². The van der Waals surface area contributed by atoms with Crippen LogP contribution >= 0.6 is 11.8 Å². The average Bonchev–Trinajstić information content (AvgIpc) is 2.96. The van der Waals surface area contributed by atoms with Crippen molar-refractivity contribution in [2.45, 2.75) is 81.6 Å². The van der Waals surface area contributed by atoms with Gasteiger partial charge in [-0.15, -0.1) is 0 Å². The van der Waals surface area contributed by atoms with Gasteiger partial charge in [0, 0.05) is 17.4 Å². The number of thioether (sulfide) groups is 1. The van der Waals surface area contributed by atoms with E-state index in [0.717, 1.165) is 37.8 Å². The van der Waals surface area contributed by atoms with Gasteiger partial charge in [0.2, 0.25) is 0 Å². The van der Waals surface area contributed by atoms with Gasteiger partial charge >= 0.3 is 6.18 Å². The maximum absolute atomic E-state index is 12.8. The first kappa shape index (κ1) is 25.2. The Kier molecular flexibility index (Phi) is 10.2. The van der Waals surface area contributed by atoms with Gasteiger partial charge < -0.3 is 15.3 Å². The molecule has 1 aliphatic rings. The van der Waals surface area contributed by atoms with Crippen molar-refractivity contribution in [3.63, 3.8) is 0 Å². The van der Waals surface area contributed by atoms with E-state index in [0.29, 0.717) is 30.6 Å². The van der Waals surface area contributed by atoms with Gasteiger partial charge in [-0.25, -0.2) is 0 Å². The summed E-state index contributed by atoms with van der Waals surface area (Å²) in [5, 5.41) is 30.8. The number of hydrogen-bond acceptors (Lipinski definition) is 4. The number of alkyl halides is 3. The highest BCUT2D eigenvalue weighted by atomic mass is 32.2. The molecule has 0 radical (unpaired) electrons. The van der Waals surface area contributed by atoms with Crippen LogP contribution in [-0.2, 0) is 12.6 Å². The first-order valence-corrected chi connectivity index (χ1v) is 11.7. The standard InChI is InChI=1S/C23H33F3O3S/c1-2-3-4-5-6-10-19-20(28)14-21(29)22(19)30-15-18(27)12-11-16-8-7-9-17(13-16)23(24,25)26/h4-5,7-9,13,18-22,27-29H,2-3,6,10-12,14-15H2,1H3/b5-4-/t18?,19-,20?,21?,22?/m0/s1. The molecule has 0 saturated heterocycles. The first-order chi connectivity index (χ1) is 14.2. The monoisotopic (exact) mass is 446 g/mol. The SMILES string of the molecule is CCC/C=C\CC[C@H]1C(O)CC(O)C1SCC(O)CCc1cccc(C(F)(F)F)c1. The molecule has 0 amide bonds. The Hall–Kier alpha value is -1.02. The number of rotatable bonds is 11. The number of aryl methyl sites for hydroxylation is 1. The van der Waals surface area contributed by atoms with Crippen molar-refractivity contribution in [2.24, 2.45) is 5.92 Å². The van der Waals surface area contributed by atoms with E-state index < -0.39 is 30.1 Å². The number of halogens is 3. The predicted octanol–water partition coefficient (Wildman–Crippen LogP) is 4.98. The zero-order valence-corrected chi connectivity index (χ0v) is 18.2. The molecule has 170 valence electrons. The summed E-state index contributed by atoms with van der Waals surface area (Å²) in [6, 6.07) is 5.18. The van der Waals surface area contributed by atoms with Gasteiger partial charge in [-0.3, -0.25) is 0 Å². The third-order valence-electron chi connectivity index (χ3n) is 5.57. The van der Waals surface area contributed by atoms with Crippen molar-refractivity contribution >= 4 is 11.8 Å². The highest BCUT2D eigenvalue weighted by molar-refractivity contribution is 8.00. The maximum Gasteiger partial charge on any atom is 0.416 e. The summed E-state index contributed by atoms with van der Waals surface area (Å²) in [7, 11) is 0.